The molecule has 0 radical (unpaired) electrons. The van der Waals surface area contributed by atoms with Crippen LogP contribution in [-0.4, -0.2) is 13.8 Å². The van der Waals surface area contributed by atoms with Crippen LogP contribution in [-0.2, 0) is 10.3 Å². The minimum absolute atomic E-state index is 0.717. The summed E-state index contributed by atoms with van der Waals surface area (Å²) in [6, 6.07) is 0. The highest BCUT2D eigenvalue weighted by atomic mass is 32.2. The van der Waals surface area contributed by atoms with E-state index in [-0.39, 0.29) is 0 Å². The Bertz CT molecular complexity index is 325. The average Bonchev–Trinajstić information content (AvgIpc) is 2.50. The van der Waals surface area contributed by atoms with Gasteiger partial charge in [0.05, 0.1) is 0 Å². The van der Waals surface area contributed by atoms with Crippen molar-refractivity contribution in [3.63, 3.8) is 0 Å². The lowest BCUT2D eigenvalue weighted by Gasteiger charge is -2.03. The summed E-state index contributed by atoms with van der Waals surface area (Å²) in [7, 11) is -1.96. The van der Waals surface area contributed by atoms with Crippen molar-refractivity contribution in [2.45, 2.75) is 116 Å². The summed E-state index contributed by atoms with van der Waals surface area (Å²) in [4.78, 5) is 0. The maximum Gasteiger partial charge on any atom is 0.209 e. The molecule has 0 saturated heterocycles. The van der Waals surface area contributed by atoms with Crippen molar-refractivity contribution in [3.8, 4) is 0 Å². The van der Waals surface area contributed by atoms with E-state index >= 15 is 0 Å². The highest BCUT2D eigenvalue weighted by Crippen LogP contribution is 2.13. The highest BCUT2D eigenvalue weighted by Gasteiger charge is 1.94. The minimum atomic E-state index is -1.96. The van der Waals surface area contributed by atoms with Gasteiger partial charge in [0.2, 0.25) is 10.3 Å². The summed E-state index contributed by atoms with van der Waals surface area (Å²) in [6.07, 6.45) is 22.4. The molecule has 0 heterocycles. The molecule has 0 spiro atoms. The first-order chi connectivity index (χ1) is 10.8. The molecule has 0 aliphatic heterocycles. The fourth-order valence-electron chi connectivity index (χ4n) is 2.87. The van der Waals surface area contributed by atoms with Gasteiger partial charge in [0, 0.05) is 5.37 Å². The van der Waals surface area contributed by atoms with E-state index in [0.29, 0.717) is 6.42 Å². The Labute approximate surface area is 140 Å². The van der Waals surface area contributed by atoms with Crippen molar-refractivity contribution < 1.29 is 8.42 Å². The van der Waals surface area contributed by atoms with Gasteiger partial charge >= 0.3 is 0 Å². The molecule has 0 aromatic rings. The van der Waals surface area contributed by atoms with Crippen molar-refractivity contribution >= 4 is 15.7 Å². The van der Waals surface area contributed by atoms with Crippen LogP contribution in [0.1, 0.15) is 116 Å². The Morgan fingerprint density at radius 3 is 1.18 bits per heavy atom. The van der Waals surface area contributed by atoms with Gasteiger partial charge in [0.1, 0.15) is 0 Å². The zero-order valence-corrected chi connectivity index (χ0v) is 15.6. The first kappa shape index (κ1) is 21.7. The standard InChI is InChI=1S/C19H38O2S/c1-2-3-4-5-6-7-8-9-10-11-12-13-14-15-16-17-18-19-22(20)21/h19H,2-18H2,1H3. The second-order valence-electron chi connectivity index (χ2n) is 6.52. The van der Waals surface area contributed by atoms with Crippen molar-refractivity contribution in [3.05, 3.63) is 0 Å². The second kappa shape index (κ2) is 18.7. The molecule has 0 saturated carbocycles. The zero-order chi connectivity index (χ0) is 16.3. The zero-order valence-electron chi connectivity index (χ0n) is 14.8. The molecular formula is C19H38O2S. The molecule has 0 rings (SSSR count). The SMILES string of the molecule is CCCCCCCCCCCCCCCCCCC=S(=O)=O. The van der Waals surface area contributed by atoms with Crippen LogP contribution in [0.15, 0.2) is 0 Å². The molecule has 132 valence electrons. The third-order valence-corrected chi connectivity index (χ3v) is 4.82. The van der Waals surface area contributed by atoms with Crippen LogP contribution in [0.25, 0.3) is 0 Å². The molecule has 0 unspecified atom stereocenters. The number of rotatable bonds is 17. The Kier molecular flexibility index (Phi) is 18.5. The van der Waals surface area contributed by atoms with Crippen LogP contribution >= 0.6 is 0 Å². The summed E-state index contributed by atoms with van der Waals surface area (Å²) in [5.41, 5.74) is 0. The molecule has 2 nitrogen and oxygen atoms in total. The van der Waals surface area contributed by atoms with E-state index in [1.165, 1.54) is 102 Å². The maximum atomic E-state index is 10.3. The second-order valence-corrected chi connectivity index (χ2v) is 7.37. The summed E-state index contributed by atoms with van der Waals surface area (Å²) < 4.78 is 20.6. The normalized spacial score (nSPS) is 10.8. The summed E-state index contributed by atoms with van der Waals surface area (Å²) in [5.74, 6) is 0. The predicted molar refractivity (Wildman–Crippen MR) is 99.1 cm³/mol. The van der Waals surface area contributed by atoms with Crippen LogP contribution in [0.4, 0.5) is 0 Å². The summed E-state index contributed by atoms with van der Waals surface area (Å²) in [5, 5.41) is 1.38. The van der Waals surface area contributed by atoms with E-state index in [4.69, 9.17) is 0 Å². The van der Waals surface area contributed by atoms with E-state index in [1.54, 1.807) is 0 Å². The third-order valence-electron chi connectivity index (χ3n) is 4.31. The highest BCUT2D eigenvalue weighted by molar-refractivity contribution is 7.71. The first-order valence-electron chi connectivity index (χ1n) is 9.68. The van der Waals surface area contributed by atoms with Gasteiger partial charge in [-0.3, -0.25) is 0 Å². The van der Waals surface area contributed by atoms with Crippen LogP contribution in [0.2, 0.25) is 0 Å². The van der Waals surface area contributed by atoms with Crippen LogP contribution in [0.3, 0.4) is 0 Å². The average molecular weight is 331 g/mol. The summed E-state index contributed by atoms with van der Waals surface area (Å²) in [6.45, 7) is 2.27. The van der Waals surface area contributed by atoms with E-state index in [0.717, 1.165) is 6.42 Å². The lowest BCUT2D eigenvalue weighted by Crippen LogP contribution is -1.84. The van der Waals surface area contributed by atoms with Crippen molar-refractivity contribution in [1.29, 1.82) is 0 Å². The smallest absolute Gasteiger partial charge is 0.185 e. The molecule has 0 aliphatic rings. The molecule has 0 bridgehead atoms. The number of hydrogen-bond acceptors (Lipinski definition) is 2. The van der Waals surface area contributed by atoms with Gasteiger partial charge < -0.3 is 0 Å². The van der Waals surface area contributed by atoms with Gasteiger partial charge in [-0.25, -0.2) is 0 Å². The van der Waals surface area contributed by atoms with E-state index in [9.17, 15) is 8.42 Å². The molecular weight excluding hydrogens is 292 g/mol. The van der Waals surface area contributed by atoms with E-state index in [1.807, 2.05) is 0 Å². The lowest BCUT2D eigenvalue weighted by molar-refractivity contribution is 0.530. The molecule has 0 aromatic carbocycles. The van der Waals surface area contributed by atoms with Gasteiger partial charge in [-0.1, -0.05) is 103 Å². The van der Waals surface area contributed by atoms with Gasteiger partial charge in [0.25, 0.3) is 0 Å². The lowest BCUT2D eigenvalue weighted by atomic mass is 10.0. The largest absolute Gasteiger partial charge is 0.209 e. The Morgan fingerprint density at radius 2 is 0.864 bits per heavy atom. The predicted octanol–water partition coefficient (Wildman–Crippen LogP) is 6.32. The topological polar surface area (TPSA) is 34.1 Å². The molecule has 0 aliphatic carbocycles. The molecule has 0 aromatic heterocycles. The van der Waals surface area contributed by atoms with Crippen LogP contribution in [0.5, 0.6) is 0 Å². The molecule has 0 N–H and O–H groups in total. The quantitative estimate of drug-likeness (QED) is 0.231. The molecule has 0 amide bonds. The van der Waals surface area contributed by atoms with Crippen LogP contribution in [0, 0.1) is 0 Å². The maximum absolute atomic E-state index is 10.3. The number of unbranched alkanes of at least 4 members (excludes halogenated alkanes) is 16. The monoisotopic (exact) mass is 330 g/mol. The van der Waals surface area contributed by atoms with Crippen molar-refractivity contribution in [1.82, 2.24) is 0 Å². The Hall–Kier alpha value is -0.310. The van der Waals surface area contributed by atoms with Gasteiger partial charge in [-0.2, -0.15) is 8.42 Å². The molecule has 22 heavy (non-hydrogen) atoms. The summed E-state index contributed by atoms with van der Waals surface area (Å²) >= 11 is 0. The third kappa shape index (κ3) is 19.7. The molecule has 0 atom stereocenters. The Balaban J connectivity index is 3.01. The minimum Gasteiger partial charge on any atom is -0.185 e. The fourth-order valence-corrected chi connectivity index (χ4v) is 3.23. The van der Waals surface area contributed by atoms with E-state index < -0.39 is 10.3 Å². The van der Waals surface area contributed by atoms with Crippen LogP contribution < -0.4 is 0 Å². The van der Waals surface area contributed by atoms with Crippen molar-refractivity contribution in [2.24, 2.45) is 0 Å². The molecule has 3 heteroatoms. The van der Waals surface area contributed by atoms with Gasteiger partial charge in [-0.15, -0.1) is 0 Å². The van der Waals surface area contributed by atoms with Gasteiger partial charge in [0.15, 0.2) is 0 Å². The molecule has 0 fully saturated rings. The van der Waals surface area contributed by atoms with E-state index in [2.05, 4.69) is 6.92 Å². The van der Waals surface area contributed by atoms with Crippen molar-refractivity contribution in [2.75, 3.05) is 0 Å². The first-order valence-corrected chi connectivity index (χ1v) is 10.8. The fraction of sp³-hybridized carbons (Fsp3) is 0.947. The Morgan fingerprint density at radius 1 is 0.545 bits per heavy atom. The number of hydrogen-bond donors (Lipinski definition) is 0. The van der Waals surface area contributed by atoms with Gasteiger partial charge in [-0.05, 0) is 12.8 Å².